The Morgan fingerprint density at radius 2 is 2.24 bits per heavy atom. The van der Waals surface area contributed by atoms with Crippen molar-refractivity contribution in [3.8, 4) is 0 Å². The summed E-state index contributed by atoms with van der Waals surface area (Å²) in [5, 5.41) is 3.31. The fraction of sp³-hybridized carbons (Fsp3) is 0.917. The zero-order chi connectivity index (χ0) is 12.9. The van der Waals surface area contributed by atoms with Crippen LogP contribution in [0.1, 0.15) is 20.3 Å². The highest BCUT2D eigenvalue weighted by molar-refractivity contribution is 5.75. The summed E-state index contributed by atoms with van der Waals surface area (Å²) in [6.45, 7) is 6.78. The molecule has 1 fully saturated rings. The predicted octanol–water partition coefficient (Wildman–Crippen LogP) is 0.248. The molecule has 1 aliphatic rings. The van der Waals surface area contributed by atoms with Crippen molar-refractivity contribution in [2.24, 2.45) is 0 Å². The molecule has 1 N–H and O–H groups in total. The number of hydrogen-bond acceptors (Lipinski definition) is 4. The first-order valence-electron chi connectivity index (χ1n) is 6.07. The van der Waals surface area contributed by atoms with Gasteiger partial charge < -0.3 is 19.7 Å². The molecular weight excluding hydrogens is 220 g/mol. The predicted molar refractivity (Wildman–Crippen MR) is 66.0 cm³/mol. The molecule has 0 bridgehead atoms. The van der Waals surface area contributed by atoms with E-state index in [9.17, 15) is 4.79 Å². The average molecular weight is 244 g/mol. The van der Waals surface area contributed by atoms with E-state index in [4.69, 9.17) is 9.47 Å². The maximum atomic E-state index is 11.3. The molecule has 1 heterocycles. The van der Waals surface area contributed by atoms with Gasteiger partial charge in [-0.15, -0.1) is 0 Å². The Balaban J connectivity index is 2.12. The molecule has 1 amide bonds. The Hall–Kier alpha value is -0.650. The summed E-state index contributed by atoms with van der Waals surface area (Å²) in [5.41, 5.74) is -0.133. The van der Waals surface area contributed by atoms with Crippen LogP contribution in [0.15, 0.2) is 0 Å². The van der Waals surface area contributed by atoms with Gasteiger partial charge in [0.25, 0.3) is 0 Å². The summed E-state index contributed by atoms with van der Waals surface area (Å²) in [5.74, 6) is 0.0908. The largest absolute Gasteiger partial charge is 0.378 e. The van der Waals surface area contributed by atoms with Crippen LogP contribution in [0.5, 0.6) is 0 Å². The van der Waals surface area contributed by atoms with Crippen molar-refractivity contribution in [3.05, 3.63) is 0 Å². The lowest BCUT2D eigenvalue weighted by molar-refractivity contribution is -0.133. The van der Waals surface area contributed by atoms with Gasteiger partial charge in [0.05, 0.1) is 31.3 Å². The highest BCUT2D eigenvalue weighted by Gasteiger charge is 2.28. The molecule has 1 rings (SSSR count). The molecule has 1 saturated heterocycles. The van der Waals surface area contributed by atoms with Crippen LogP contribution in [0.3, 0.4) is 0 Å². The molecule has 1 atom stereocenters. The van der Waals surface area contributed by atoms with Crippen molar-refractivity contribution in [1.29, 1.82) is 0 Å². The highest BCUT2D eigenvalue weighted by atomic mass is 16.5. The molecule has 0 aromatic heterocycles. The molecule has 0 spiro atoms. The maximum Gasteiger partial charge on any atom is 0.224 e. The molecule has 1 unspecified atom stereocenters. The number of nitrogens with one attached hydrogen (secondary N) is 1. The van der Waals surface area contributed by atoms with Crippen LogP contribution < -0.4 is 5.32 Å². The molecular formula is C12H24N2O3. The Kier molecular flexibility index (Phi) is 5.36. The third kappa shape index (κ3) is 5.48. The summed E-state index contributed by atoms with van der Waals surface area (Å²) in [6, 6.07) is 0. The van der Waals surface area contributed by atoms with Crippen LogP contribution in [0.25, 0.3) is 0 Å². The Morgan fingerprint density at radius 3 is 2.82 bits per heavy atom. The van der Waals surface area contributed by atoms with E-state index in [-0.39, 0.29) is 17.6 Å². The first-order chi connectivity index (χ1) is 7.91. The van der Waals surface area contributed by atoms with Gasteiger partial charge in [0.15, 0.2) is 0 Å². The minimum atomic E-state index is -0.133. The first-order valence-corrected chi connectivity index (χ1v) is 6.07. The molecule has 1 aliphatic heterocycles. The van der Waals surface area contributed by atoms with Crippen LogP contribution in [-0.2, 0) is 14.3 Å². The molecule has 0 saturated carbocycles. The van der Waals surface area contributed by atoms with E-state index in [1.807, 2.05) is 0 Å². The normalized spacial score (nSPS) is 23.4. The molecule has 0 radical (unpaired) electrons. The smallest absolute Gasteiger partial charge is 0.224 e. The van der Waals surface area contributed by atoms with E-state index in [0.29, 0.717) is 19.6 Å². The van der Waals surface area contributed by atoms with Crippen molar-refractivity contribution in [2.75, 3.05) is 40.4 Å². The number of rotatable bonds is 5. The number of hydrogen-bond donors (Lipinski definition) is 1. The van der Waals surface area contributed by atoms with Crippen LogP contribution in [0.2, 0.25) is 0 Å². The van der Waals surface area contributed by atoms with Gasteiger partial charge in [0.1, 0.15) is 0 Å². The summed E-state index contributed by atoms with van der Waals surface area (Å²) in [7, 11) is 3.50. The third-order valence-corrected chi connectivity index (χ3v) is 2.67. The second kappa shape index (κ2) is 6.33. The van der Waals surface area contributed by atoms with Crippen molar-refractivity contribution >= 4 is 5.91 Å². The quantitative estimate of drug-likeness (QED) is 0.704. The first kappa shape index (κ1) is 14.4. The minimum absolute atomic E-state index is 0.0770. The Labute approximate surface area is 103 Å². The molecule has 0 aromatic rings. The number of carbonyl (C=O) groups is 1. The second-order valence-corrected chi connectivity index (χ2v) is 5.24. The molecule has 0 aromatic carbocycles. The lowest BCUT2D eigenvalue weighted by Gasteiger charge is -2.36. The van der Waals surface area contributed by atoms with Gasteiger partial charge in [-0.1, -0.05) is 0 Å². The lowest BCUT2D eigenvalue weighted by Crippen LogP contribution is -2.51. The fourth-order valence-corrected chi connectivity index (χ4v) is 1.76. The van der Waals surface area contributed by atoms with Gasteiger partial charge in [0.2, 0.25) is 5.91 Å². The zero-order valence-electron chi connectivity index (χ0n) is 11.3. The number of nitrogens with zero attached hydrogens (tertiary/aromatic N) is 1. The Morgan fingerprint density at radius 1 is 1.53 bits per heavy atom. The standard InChI is InChI=1S/C12H24N2O3/c1-12(2)9-13-7-10(17-12)8-16-6-5-11(15)14(3)4/h10,13H,5-9H2,1-4H3. The van der Waals surface area contributed by atoms with Crippen molar-refractivity contribution in [1.82, 2.24) is 10.2 Å². The average Bonchev–Trinajstić information content (AvgIpc) is 2.22. The van der Waals surface area contributed by atoms with Crippen molar-refractivity contribution < 1.29 is 14.3 Å². The maximum absolute atomic E-state index is 11.3. The summed E-state index contributed by atoms with van der Waals surface area (Å²) in [4.78, 5) is 12.9. The molecule has 100 valence electrons. The van der Waals surface area contributed by atoms with Crippen molar-refractivity contribution in [2.45, 2.75) is 32.0 Å². The topological polar surface area (TPSA) is 50.8 Å². The summed E-state index contributed by atoms with van der Waals surface area (Å²) < 4.78 is 11.3. The molecule has 17 heavy (non-hydrogen) atoms. The van der Waals surface area contributed by atoms with E-state index in [2.05, 4.69) is 19.2 Å². The van der Waals surface area contributed by atoms with E-state index in [1.54, 1.807) is 19.0 Å². The van der Waals surface area contributed by atoms with Crippen LogP contribution in [-0.4, -0.2) is 62.9 Å². The van der Waals surface area contributed by atoms with Gasteiger partial charge in [-0.05, 0) is 13.8 Å². The second-order valence-electron chi connectivity index (χ2n) is 5.24. The number of carbonyl (C=O) groups excluding carboxylic acids is 1. The zero-order valence-corrected chi connectivity index (χ0v) is 11.3. The number of morpholine rings is 1. The SMILES string of the molecule is CN(C)C(=O)CCOCC1CNCC(C)(C)O1. The van der Waals surface area contributed by atoms with Crippen molar-refractivity contribution in [3.63, 3.8) is 0 Å². The van der Waals surface area contributed by atoms with Gasteiger partial charge in [-0.25, -0.2) is 0 Å². The van der Waals surface area contributed by atoms with E-state index < -0.39 is 0 Å². The van der Waals surface area contributed by atoms with Gasteiger partial charge in [0, 0.05) is 27.2 Å². The third-order valence-electron chi connectivity index (χ3n) is 2.67. The lowest BCUT2D eigenvalue weighted by atomic mass is 10.1. The minimum Gasteiger partial charge on any atom is -0.378 e. The summed E-state index contributed by atoms with van der Waals surface area (Å²) >= 11 is 0. The molecule has 5 heteroatoms. The van der Waals surface area contributed by atoms with Gasteiger partial charge in [-0.3, -0.25) is 4.79 Å². The number of ether oxygens (including phenoxy) is 2. The van der Waals surface area contributed by atoms with E-state index in [1.165, 1.54) is 0 Å². The van der Waals surface area contributed by atoms with E-state index >= 15 is 0 Å². The van der Waals surface area contributed by atoms with Crippen LogP contribution in [0, 0.1) is 0 Å². The summed E-state index contributed by atoms with van der Waals surface area (Å²) in [6.07, 6.45) is 0.504. The molecule has 5 nitrogen and oxygen atoms in total. The monoisotopic (exact) mass is 244 g/mol. The van der Waals surface area contributed by atoms with Crippen LogP contribution in [0.4, 0.5) is 0 Å². The number of amides is 1. The van der Waals surface area contributed by atoms with Gasteiger partial charge >= 0.3 is 0 Å². The Bertz CT molecular complexity index is 254. The van der Waals surface area contributed by atoms with Crippen LogP contribution >= 0.6 is 0 Å². The fourth-order valence-electron chi connectivity index (χ4n) is 1.76. The van der Waals surface area contributed by atoms with E-state index in [0.717, 1.165) is 13.1 Å². The molecule has 0 aliphatic carbocycles. The highest BCUT2D eigenvalue weighted by Crippen LogP contribution is 2.15. The van der Waals surface area contributed by atoms with Gasteiger partial charge in [-0.2, -0.15) is 0 Å².